The number of carboxylic acid groups (broad SMARTS) is 1. The van der Waals surface area contributed by atoms with Gasteiger partial charge in [0.15, 0.2) is 0 Å². The number of piperidine rings is 1. The topological polar surface area (TPSA) is 82.4 Å². The molecule has 0 amide bonds. The van der Waals surface area contributed by atoms with Gasteiger partial charge in [-0.1, -0.05) is 24.3 Å². The lowest BCUT2D eigenvalue weighted by Crippen LogP contribution is -2.48. The van der Waals surface area contributed by atoms with Gasteiger partial charge in [-0.3, -0.25) is 4.79 Å². The third-order valence-electron chi connectivity index (χ3n) is 6.84. The molecule has 3 rings (SSSR count). The van der Waals surface area contributed by atoms with E-state index in [1.54, 1.807) is 14.0 Å². The van der Waals surface area contributed by atoms with E-state index in [4.69, 9.17) is 4.74 Å². The second kappa shape index (κ2) is 10.2. The number of benzene rings is 2. The number of aliphatic carboxylic acids is 1. The summed E-state index contributed by atoms with van der Waals surface area (Å²) in [7, 11) is 5.72. The minimum atomic E-state index is -1.02. The first-order chi connectivity index (χ1) is 15.2. The molecule has 1 aliphatic rings. The van der Waals surface area contributed by atoms with Gasteiger partial charge in [0, 0.05) is 23.1 Å². The number of carbonyl (C=O) groups is 1. The normalized spacial score (nSPS) is 18.4. The Morgan fingerprint density at radius 2 is 1.91 bits per heavy atom. The van der Waals surface area contributed by atoms with E-state index in [0.29, 0.717) is 19.5 Å². The molecule has 174 valence electrons. The number of ether oxygens (including phenoxy) is 1. The van der Waals surface area contributed by atoms with Crippen LogP contribution < -0.4 is 4.74 Å². The Kier molecular flexibility index (Phi) is 7.79. The Morgan fingerprint density at radius 3 is 2.53 bits per heavy atom. The van der Waals surface area contributed by atoms with Gasteiger partial charge in [0.05, 0.1) is 17.3 Å². The average molecular weight is 460 g/mol. The Bertz CT molecular complexity index is 961. The highest BCUT2D eigenvalue weighted by molar-refractivity contribution is 7.99. The quantitative estimate of drug-likeness (QED) is 0.417. The third kappa shape index (κ3) is 5.42. The molecule has 1 atom stereocenters. The molecule has 32 heavy (non-hydrogen) atoms. The van der Waals surface area contributed by atoms with Crippen molar-refractivity contribution in [2.45, 2.75) is 36.3 Å². The Labute approximate surface area is 194 Å². The summed E-state index contributed by atoms with van der Waals surface area (Å²) >= 11 is 1.15. The van der Waals surface area contributed by atoms with Crippen LogP contribution in [0.4, 0.5) is 0 Å². The third-order valence-corrected chi connectivity index (χ3v) is 7.84. The number of fused-ring (bicyclic) bond motifs is 1. The zero-order valence-corrected chi connectivity index (χ0v) is 20.2. The van der Waals surface area contributed by atoms with Gasteiger partial charge in [-0.2, -0.15) is 0 Å². The number of methoxy groups -OCH3 is 1. The maximum atomic E-state index is 12.4. The molecule has 1 N–H and O–H groups in total. The fourth-order valence-electron chi connectivity index (χ4n) is 4.44. The van der Waals surface area contributed by atoms with Crippen LogP contribution in [-0.2, 0) is 10.2 Å². The van der Waals surface area contributed by atoms with E-state index in [1.165, 1.54) is 0 Å². The van der Waals surface area contributed by atoms with E-state index in [2.05, 4.69) is 21.4 Å². The molecule has 0 radical (unpaired) electrons. The first-order valence-corrected chi connectivity index (χ1v) is 11.7. The van der Waals surface area contributed by atoms with Crippen molar-refractivity contribution in [2.24, 2.45) is 4.58 Å². The molecule has 0 spiro atoms. The van der Waals surface area contributed by atoms with Crippen LogP contribution in [0, 0.1) is 4.91 Å². The molecule has 7 nitrogen and oxygen atoms in total. The van der Waals surface area contributed by atoms with Crippen LogP contribution in [-0.4, -0.2) is 73.0 Å². The summed E-state index contributed by atoms with van der Waals surface area (Å²) in [5, 5.41) is 12.1. The van der Waals surface area contributed by atoms with Gasteiger partial charge in [-0.15, -0.1) is 4.91 Å². The maximum absolute atomic E-state index is 12.4. The lowest BCUT2D eigenvalue weighted by Gasteiger charge is -2.40. The van der Waals surface area contributed by atoms with Crippen molar-refractivity contribution in [3.63, 3.8) is 0 Å². The first-order valence-electron chi connectivity index (χ1n) is 10.9. The summed E-state index contributed by atoms with van der Waals surface area (Å²) < 4.78 is 8.24. The summed E-state index contributed by atoms with van der Waals surface area (Å²) in [4.78, 5) is 27.8. The van der Waals surface area contributed by atoms with E-state index in [1.807, 2.05) is 43.4 Å². The van der Waals surface area contributed by atoms with Gasteiger partial charge in [0.1, 0.15) is 5.75 Å². The zero-order chi connectivity index (χ0) is 23.4. The smallest absolute Gasteiger partial charge is 0.313 e. The fourth-order valence-corrected chi connectivity index (χ4v) is 5.24. The number of likely N-dealkylation sites (tertiary alicyclic amines) is 1. The molecule has 1 fully saturated rings. The molecular formula is C24H33N3O4S. The van der Waals surface area contributed by atoms with E-state index in [-0.39, 0.29) is 4.75 Å². The number of rotatable bonds is 10. The second-order valence-corrected chi connectivity index (χ2v) is 10.4. The molecular weight excluding hydrogens is 426 g/mol. The minimum absolute atomic E-state index is 0.204. The highest BCUT2D eigenvalue weighted by Gasteiger charge is 2.39. The molecule has 0 unspecified atom stereocenters. The van der Waals surface area contributed by atoms with Crippen molar-refractivity contribution in [3.05, 3.63) is 46.9 Å². The van der Waals surface area contributed by atoms with E-state index in [9.17, 15) is 14.8 Å². The van der Waals surface area contributed by atoms with Crippen LogP contribution in [0.25, 0.3) is 10.8 Å². The Hall–Kier alpha value is -2.16. The highest BCUT2D eigenvalue weighted by Crippen LogP contribution is 2.38. The molecule has 2 aromatic rings. The Morgan fingerprint density at radius 1 is 1.25 bits per heavy atom. The van der Waals surface area contributed by atoms with Crippen molar-refractivity contribution in [3.8, 4) is 5.75 Å². The largest absolute Gasteiger partial charge is 0.497 e. The molecule has 0 bridgehead atoms. The fraction of sp³-hybridized carbons (Fsp3) is 0.542. The number of nitroso groups, excluding NO2 is 1. The predicted molar refractivity (Wildman–Crippen MR) is 130 cm³/mol. The van der Waals surface area contributed by atoms with Crippen LogP contribution in [0.1, 0.15) is 31.7 Å². The zero-order valence-electron chi connectivity index (χ0n) is 19.3. The minimum Gasteiger partial charge on any atom is -0.497 e. The number of hydrogen-bond donors (Lipinski definition) is 1. The predicted octanol–water partition coefficient (Wildman–Crippen LogP) is 4.39. The standard InChI is InChI=1S/C24H33N3O4S/c1-23(22(28)29,20-7-5-19-16-21(31-4)8-6-18(19)15-20)9-12-27(3)17-24(32-25-30)10-13-26(2)14-11-24/h5-8,15-16H,9-14,17H2,1-4H3,(H,28,29)/t23-/m0/s1. The molecule has 0 saturated carbocycles. The van der Waals surface area contributed by atoms with Gasteiger partial charge >= 0.3 is 5.97 Å². The van der Waals surface area contributed by atoms with Gasteiger partial charge in [0.2, 0.25) is 0 Å². The molecule has 1 saturated heterocycles. The summed E-state index contributed by atoms with van der Waals surface area (Å²) in [5.41, 5.74) is -0.229. The molecule has 0 aromatic heterocycles. The second-order valence-electron chi connectivity index (χ2n) is 9.21. The van der Waals surface area contributed by atoms with Crippen molar-refractivity contribution in [1.29, 1.82) is 0 Å². The van der Waals surface area contributed by atoms with Crippen LogP contribution >= 0.6 is 11.9 Å². The van der Waals surface area contributed by atoms with Crippen molar-refractivity contribution < 1.29 is 14.6 Å². The van der Waals surface area contributed by atoms with Crippen molar-refractivity contribution in [2.75, 3.05) is 47.4 Å². The van der Waals surface area contributed by atoms with Gasteiger partial charge in [0.25, 0.3) is 0 Å². The van der Waals surface area contributed by atoms with Crippen LogP contribution in [0.15, 0.2) is 41.0 Å². The van der Waals surface area contributed by atoms with Crippen molar-refractivity contribution >= 4 is 28.7 Å². The monoisotopic (exact) mass is 459 g/mol. The average Bonchev–Trinajstić information content (AvgIpc) is 2.78. The van der Waals surface area contributed by atoms with Crippen molar-refractivity contribution in [1.82, 2.24) is 9.80 Å². The highest BCUT2D eigenvalue weighted by atomic mass is 32.2. The van der Waals surface area contributed by atoms with Crippen LogP contribution in [0.2, 0.25) is 0 Å². The molecule has 2 aromatic carbocycles. The van der Waals surface area contributed by atoms with E-state index >= 15 is 0 Å². The number of hydrogen-bond acceptors (Lipinski definition) is 7. The lowest BCUT2D eigenvalue weighted by molar-refractivity contribution is -0.143. The maximum Gasteiger partial charge on any atom is 0.313 e. The van der Waals surface area contributed by atoms with Crippen LogP contribution in [0.3, 0.4) is 0 Å². The lowest BCUT2D eigenvalue weighted by atomic mass is 9.78. The summed E-state index contributed by atoms with van der Waals surface area (Å²) in [6, 6.07) is 11.6. The molecule has 8 heteroatoms. The van der Waals surface area contributed by atoms with E-state index < -0.39 is 11.4 Å². The van der Waals surface area contributed by atoms with Crippen LogP contribution in [0.5, 0.6) is 5.75 Å². The van der Waals surface area contributed by atoms with Gasteiger partial charge < -0.3 is 19.6 Å². The van der Waals surface area contributed by atoms with Gasteiger partial charge in [-0.25, -0.2) is 0 Å². The molecule has 0 aliphatic carbocycles. The van der Waals surface area contributed by atoms with Gasteiger partial charge in [-0.05, 0) is 88.4 Å². The summed E-state index contributed by atoms with van der Waals surface area (Å²) in [6.45, 7) is 4.99. The number of carboxylic acids is 1. The SMILES string of the molecule is COc1ccc2cc([C@](C)(CCN(C)CC3(SN=O)CCN(C)CC3)C(=O)O)ccc2c1. The molecule has 1 heterocycles. The summed E-state index contributed by atoms with van der Waals surface area (Å²) in [5.74, 6) is -0.0601. The first kappa shape index (κ1) is 24.5. The van der Waals surface area contributed by atoms with E-state index in [0.717, 1.165) is 60.0 Å². The Balaban J connectivity index is 1.74. The summed E-state index contributed by atoms with van der Waals surface area (Å²) in [6.07, 6.45) is 2.26. The number of nitrogens with zero attached hydrogens (tertiary/aromatic N) is 3. The molecule has 1 aliphatic heterocycles.